The van der Waals surface area contributed by atoms with Gasteiger partial charge in [0.05, 0.1) is 13.6 Å². The van der Waals surface area contributed by atoms with Gasteiger partial charge in [0.1, 0.15) is 0 Å². The van der Waals surface area contributed by atoms with Crippen molar-refractivity contribution in [2.24, 2.45) is 10.3 Å². The highest BCUT2D eigenvalue weighted by Gasteiger charge is 2.03. The molecule has 0 aromatic carbocycles. The van der Waals surface area contributed by atoms with E-state index in [0.717, 1.165) is 0 Å². The number of halogens is 1. The molecular weight excluding hydrogens is 154 g/mol. The Balaban J connectivity index is 3.85. The van der Waals surface area contributed by atoms with Crippen LogP contribution in [0.2, 0.25) is 0 Å². The van der Waals surface area contributed by atoms with E-state index in [0.29, 0.717) is 12.4 Å². The molecule has 0 radical (unpaired) electrons. The lowest BCUT2D eigenvalue weighted by Crippen LogP contribution is -2.24. The van der Waals surface area contributed by atoms with Crippen LogP contribution < -0.4 is 0 Å². The molecule has 5 heteroatoms. The zero-order valence-corrected chi connectivity index (χ0v) is 6.80. The zero-order chi connectivity index (χ0) is 7.98. The predicted molar refractivity (Wildman–Crippen MR) is 38.9 cm³/mol. The Morgan fingerprint density at radius 3 is 2.60 bits per heavy atom. The maximum absolute atomic E-state index is 10.6. The Morgan fingerprint density at radius 1 is 1.70 bits per heavy atom. The fourth-order valence-corrected chi connectivity index (χ4v) is 0.613. The molecular formula is C5H10ClN3O. The molecule has 0 unspecified atom stereocenters. The fourth-order valence-electron chi connectivity index (χ4n) is 0.453. The van der Waals surface area contributed by atoms with Crippen molar-refractivity contribution in [1.29, 1.82) is 0 Å². The number of hydrogen-bond acceptors (Lipinski definition) is 3. The Bertz CT molecular complexity index is 137. The van der Waals surface area contributed by atoms with Gasteiger partial charge in [-0.3, -0.25) is 4.79 Å². The summed E-state index contributed by atoms with van der Waals surface area (Å²) in [5.41, 5.74) is 0. The van der Waals surface area contributed by atoms with Gasteiger partial charge in [0.15, 0.2) is 0 Å². The summed E-state index contributed by atoms with van der Waals surface area (Å²) in [4.78, 5) is 10.6. The lowest BCUT2D eigenvalue weighted by Gasteiger charge is -2.09. The number of carbonyl (C=O) groups is 1. The highest BCUT2D eigenvalue weighted by atomic mass is 35.5. The molecule has 0 saturated heterocycles. The smallest absolute Gasteiger partial charge is 0.240 e. The molecule has 0 saturated carbocycles. The second-order valence-corrected chi connectivity index (χ2v) is 2.00. The third kappa shape index (κ3) is 3.40. The number of rotatable bonds is 3. The van der Waals surface area contributed by atoms with Gasteiger partial charge >= 0.3 is 0 Å². The van der Waals surface area contributed by atoms with E-state index in [1.165, 1.54) is 19.0 Å². The quantitative estimate of drug-likeness (QED) is 0.349. The maximum atomic E-state index is 10.6. The molecule has 58 valence electrons. The lowest BCUT2D eigenvalue weighted by atomic mass is 10.6. The maximum Gasteiger partial charge on any atom is 0.240 e. The molecule has 4 nitrogen and oxygen atoms in total. The van der Waals surface area contributed by atoms with Crippen LogP contribution in [0.1, 0.15) is 6.92 Å². The zero-order valence-electron chi connectivity index (χ0n) is 6.04. The van der Waals surface area contributed by atoms with E-state index < -0.39 is 0 Å². The highest BCUT2D eigenvalue weighted by molar-refractivity contribution is 6.18. The average Bonchev–Trinajstić information content (AvgIpc) is 1.87. The number of nitrogens with zero attached hydrogens (tertiary/aromatic N) is 3. The number of hydrogen-bond donors (Lipinski definition) is 0. The molecule has 0 aliphatic rings. The normalized spacial score (nSPS) is 10.3. The molecule has 0 atom stereocenters. The molecule has 0 fully saturated rings. The number of amides is 1. The molecule has 0 bridgehead atoms. The van der Waals surface area contributed by atoms with Gasteiger partial charge in [0, 0.05) is 12.8 Å². The van der Waals surface area contributed by atoms with Crippen LogP contribution in [0, 0.1) is 0 Å². The van der Waals surface area contributed by atoms with Crippen molar-refractivity contribution in [3.8, 4) is 0 Å². The van der Waals surface area contributed by atoms with Crippen molar-refractivity contribution in [2.75, 3.05) is 19.5 Å². The SMILES string of the molecule is CN=NN(CCCl)C(C)=O. The standard InChI is InChI=1S/C5H10ClN3O/c1-5(10)9(4-3-6)8-7-2/h3-4H2,1-2H3. The van der Waals surface area contributed by atoms with Crippen LogP contribution in [0.25, 0.3) is 0 Å². The van der Waals surface area contributed by atoms with E-state index in [4.69, 9.17) is 11.6 Å². The first-order valence-electron chi connectivity index (χ1n) is 2.86. The Hall–Kier alpha value is -0.640. The van der Waals surface area contributed by atoms with E-state index in [2.05, 4.69) is 10.3 Å². The van der Waals surface area contributed by atoms with Crippen LogP contribution in [0.5, 0.6) is 0 Å². The molecule has 0 heterocycles. The van der Waals surface area contributed by atoms with Crippen LogP contribution in [0.4, 0.5) is 0 Å². The molecule has 0 aromatic heterocycles. The third-order valence-corrected chi connectivity index (χ3v) is 1.03. The van der Waals surface area contributed by atoms with Crippen molar-refractivity contribution < 1.29 is 4.79 Å². The first-order chi connectivity index (χ1) is 4.72. The van der Waals surface area contributed by atoms with Gasteiger partial charge in [-0.2, -0.15) is 5.11 Å². The number of carbonyl (C=O) groups excluding carboxylic acids is 1. The Labute approximate surface area is 64.8 Å². The van der Waals surface area contributed by atoms with E-state index in [-0.39, 0.29) is 5.91 Å². The van der Waals surface area contributed by atoms with Gasteiger partial charge in [-0.25, -0.2) is 5.01 Å². The summed E-state index contributed by atoms with van der Waals surface area (Å²) in [5.74, 6) is 0.227. The lowest BCUT2D eigenvalue weighted by molar-refractivity contribution is -0.129. The minimum atomic E-state index is -0.147. The van der Waals surface area contributed by atoms with Gasteiger partial charge in [0.2, 0.25) is 5.91 Å². The van der Waals surface area contributed by atoms with Crippen LogP contribution in [-0.2, 0) is 4.79 Å². The highest BCUT2D eigenvalue weighted by Crippen LogP contribution is 1.91. The molecule has 0 rings (SSSR count). The van der Waals surface area contributed by atoms with Crippen molar-refractivity contribution in [3.05, 3.63) is 0 Å². The van der Waals surface area contributed by atoms with Gasteiger partial charge in [0.25, 0.3) is 0 Å². The minimum absolute atomic E-state index is 0.147. The van der Waals surface area contributed by atoms with Crippen molar-refractivity contribution in [1.82, 2.24) is 5.01 Å². The first-order valence-corrected chi connectivity index (χ1v) is 3.39. The minimum Gasteiger partial charge on any atom is -0.273 e. The van der Waals surface area contributed by atoms with Crippen LogP contribution in [-0.4, -0.2) is 30.4 Å². The van der Waals surface area contributed by atoms with Gasteiger partial charge in [-0.05, 0) is 0 Å². The fraction of sp³-hybridized carbons (Fsp3) is 0.800. The monoisotopic (exact) mass is 163 g/mol. The topological polar surface area (TPSA) is 45.0 Å². The summed E-state index contributed by atoms with van der Waals surface area (Å²) in [6.07, 6.45) is 0. The summed E-state index contributed by atoms with van der Waals surface area (Å²) in [5, 5.41) is 8.20. The van der Waals surface area contributed by atoms with Crippen LogP contribution in [0.15, 0.2) is 10.3 Å². The molecule has 0 spiro atoms. The van der Waals surface area contributed by atoms with Gasteiger partial charge in [-0.15, -0.1) is 11.6 Å². The number of alkyl halides is 1. The summed E-state index contributed by atoms with van der Waals surface area (Å²) in [7, 11) is 1.50. The average molecular weight is 164 g/mol. The van der Waals surface area contributed by atoms with Crippen molar-refractivity contribution in [3.63, 3.8) is 0 Å². The molecule has 0 aromatic rings. The second kappa shape index (κ2) is 5.17. The molecule has 0 N–H and O–H groups in total. The van der Waals surface area contributed by atoms with E-state index >= 15 is 0 Å². The molecule has 1 amide bonds. The summed E-state index contributed by atoms with van der Waals surface area (Å²) < 4.78 is 0. The van der Waals surface area contributed by atoms with Crippen molar-refractivity contribution >= 4 is 17.5 Å². The van der Waals surface area contributed by atoms with Gasteiger partial charge < -0.3 is 0 Å². The predicted octanol–water partition coefficient (Wildman–Crippen LogP) is 1.07. The van der Waals surface area contributed by atoms with E-state index in [1.54, 1.807) is 0 Å². The molecule has 0 aliphatic heterocycles. The summed E-state index contributed by atoms with van der Waals surface area (Å²) >= 11 is 5.38. The van der Waals surface area contributed by atoms with Crippen LogP contribution in [0.3, 0.4) is 0 Å². The first kappa shape index (κ1) is 9.36. The molecule has 0 aliphatic carbocycles. The second-order valence-electron chi connectivity index (χ2n) is 1.62. The van der Waals surface area contributed by atoms with E-state index in [1.807, 2.05) is 0 Å². The third-order valence-electron chi connectivity index (χ3n) is 0.857. The Morgan fingerprint density at radius 2 is 2.30 bits per heavy atom. The summed E-state index contributed by atoms with van der Waals surface area (Å²) in [6.45, 7) is 1.83. The molecule has 10 heavy (non-hydrogen) atoms. The Kier molecular flexibility index (Phi) is 4.84. The van der Waals surface area contributed by atoms with Crippen LogP contribution >= 0.6 is 11.6 Å². The largest absolute Gasteiger partial charge is 0.273 e. The van der Waals surface area contributed by atoms with E-state index in [9.17, 15) is 4.79 Å². The van der Waals surface area contributed by atoms with Crippen molar-refractivity contribution in [2.45, 2.75) is 6.92 Å². The van der Waals surface area contributed by atoms with Gasteiger partial charge in [-0.1, -0.05) is 5.22 Å². The summed E-state index contributed by atoms with van der Waals surface area (Å²) in [6, 6.07) is 0.